The van der Waals surface area contributed by atoms with Crippen LogP contribution in [0.15, 0.2) is 20.0 Å². The molecule has 0 aromatic heterocycles. The summed E-state index contributed by atoms with van der Waals surface area (Å²) in [7, 11) is 0. The van der Waals surface area contributed by atoms with Crippen molar-refractivity contribution in [1.82, 2.24) is 0 Å². The first-order valence-electron chi connectivity index (χ1n) is 2.84. The Balaban J connectivity index is 2.45. The molecule has 0 saturated carbocycles. The van der Waals surface area contributed by atoms with Gasteiger partial charge in [-0.2, -0.15) is 4.99 Å². The summed E-state index contributed by atoms with van der Waals surface area (Å²) in [6.07, 6.45) is 1.47. The van der Waals surface area contributed by atoms with E-state index >= 15 is 0 Å². The molecule has 50 valence electrons. The van der Waals surface area contributed by atoms with Crippen molar-refractivity contribution in [2.45, 2.75) is 0 Å². The summed E-state index contributed by atoms with van der Waals surface area (Å²) in [5.41, 5.74) is 6.08. The lowest BCUT2D eigenvalue weighted by molar-refractivity contribution is 1.29. The third kappa shape index (κ3) is 0.637. The molecule has 2 aliphatic rings. The maximum Gasteiger partial charge on any atom is 0.222 e. The van der Waals surface area contributed by atoms with E-state index < -0.39 is 0 Å². The fourth-order valence-electron chi connectivity index (χ4n) is 0.819. The molecule has 2 rings (SSSR count). The zero-order valence-corrected chi connectivity index (χ0v) is 5.15. The van der Waals surface area contributed by atoms with Crippen molar-refractivity contribution in [3.05, 3.63) is 0 Å². The molecule has 2 heterocycles. The van der Waals surface area contributed by atoms with Crippen molar-refractivity contribution in [3.63, 3.8) is 0 Å². The number of amidine groups is 1. The summed E-state index contributed by atoms with van der Waals surface area (Å²) >= 11 is 0. The van der Waals surface area contributed by atoms with Crippen LogP contribution in [0.25, 0.3) is 0 Å². The molecule has 5 heteroatoms. The van der Waals surface area contributed by atoms with E-state index in [9.17, 15) is 0 Å². The van der Waals surface area contributed by atoms with E-state index in [4.69, 9.17) is 5.73 Å². The van der Waals surface area contributed by atoms with Gasteiger partial charge < -0.3 is 5.73 Å². The number of nitrogens with two attached hydrogens (primary N) is 1. The second-order valence-electron chi connectivity index (χ2n) is 1.94. The second-order valence-corrected chi connectivity index (χ2v) is 1.94. The first kappa shape index (κ1) is 5.28. The smallest absolute Gasteiger partial charge is 0.222 e. The molecule has 0 amide bonds. The highest BCUT2D eigenvalue weighted by Crippen LogP contribution is 2.00. The van der Waals surface area contributed by atoms with Gasteiger partial charge in [-0.15, -0.1) is 0 Å². The SMILES string of the molecule is NC1=NC2=NC=NCC2=N1. The van der Waals surface area contributed by atoms with E-state index in [0.717, 1.165) is 5.71 Å². The molecule has 0 atom stereocenters. The standard InChI is InChI=1S/C5H5N5/c6-5-9-3-1-7-2-8-4(3)10-5/h2H,1H2,(H2,6,7,8,10). The molecule has 0 aromatic rings. The normalized spacial score (nSPS) is 21.4. The fourth-order valence-corrected chi connectivity index (χ4v) is 0.819. The van der Waals surface area contributed by atoms with Crippen LogP contribution in [0.5, 0.6) is 0 Å². The van der Waals surface area contributed by atoms with Crippen LogP contribution < -0.4 is 5.73 Å². The van der Waals surface area contributed by atoms with Gasteiger partial charge in [0, 0.05) is 0 Å². The average molecular weight is 135 g/mol. The number of hydrogen-bond donors (Lipinski definition) is 1. The summed E-state index contributed by atoms with van der Waals surface area (Å²) in [4.78, 5) is 15.5. The Morgan fingerprint density at radius 3 is 3.10 bits per heavy atom. The number of nitrogens with zero attached hydrogens (tertiary/aromatic N) is 4. The number of aliphatic imine (C=N–C) groups is 4. The largest absolute Gasteiger partial charge is 0.368 e. The van der Waals surface area contributed by atoms with Crippen LogP contribution in [-0.4, -0.2) is 30.4 Å². The quantitative estimate of drug-likeness (QED) is 0.463. The molecule has 0 unspecified atom stereocenters. The van der Waals surface area contributed by atoms with Gasteiger partial charge in [-0.25, -0.2) is 9.98 Å². The Hall–Kier alpha value is -1.52. The highest BCUT2D eigenvalue weighted by Gasteiger charge is 2.16. The number of fused-ring (bicyclic) bond motifs is 1. The van der Waals surface area contributed by atoms with Gasteiger partial charge in [-0.3, -0.25) is 4.99 Å². The monoisotopic (exact) mass is 135 g/mol. The van der Waals surface area contributed by atoms with E-state index in [2.05, 4.69) is 20.0 Å². The maximum absolute atomic E-state index is 5.32. The van der Waals surface area contributed by atoms with Gasteiger partial charge in [0.25, 0.3) is 0 Å². The number of hydrogen-bond acceptors (Lipinski definition) is 5. The Bertz CT molecular complexity index is 282. The first-order chi connectivity index (χ1) is 4.86. The molecule has 0 saturated heterocycles. The lowest BCUT2D eigenvalue weighted by atomic mass is 10.3. The lowest BCUT2D eigenvalue weighted by Gasteiger charge is -1.97. The van der Waals surface area contributed by atoms with Gasteiger partial charge in [-0.05, 0) is 0 Å². The lowest BCUT2D eigenvalue weighted by Crippen LogP contribution is -2.15. The fraction of sp³-hybridized carbons (Fsp3) is 0.200. The molecule has 0 spiro atoms. The molecule has 2 aliphatic heterocycles. The van der Waals surface area contributed by atoms with Gasteiger partial charge in [0.05, 0.1) is 6.54 Å². The molecule has 0 fully saturated rings. The van der Waals surface area contributed by atoms with Crippen LogP contribution >= 0.6 is 0 Å². The topological polar surface area (TPSA) is 75.5 Å². The molecule has 0 bridgehead atoms. The average Bonchev–Trinajstić information content (AvgIpc) is 2.27. The second kappa shape index (κ2) is 1.73. The Kier molecular flexibility index (Phi) is 0.913. The predicted molar refractivity (Wildman–Crippen MR) is 39.9 cm³/mol. The van der Waals surface area contributed by atoms with Gasteiger partial charge in [-0.1, -0.05) is 0 Å². The van der Waals surface area contributed by atoms with Crippen molar-refractivity contribution in [3.8, 4) is 0 Å². The van der Waals surface area contributed by atoms with Crippen LogP contribution in [-0.2, 0) is 0 Å². The molecule has 0 aromatic carbocycles. The highest BCUT2D eigenvalue weighted by molar-refractivity contribution is 6.49. The minimum absolute atomic E-state index is 0.277. The maximum atomic E-state index is 5.32. The van der Waals surface area contributed by atoms with Crippen LogP contribution in [0.1, 0.15) is 0 Å². The molecule has 0 aliphatic carbocycles. The molecular weight excluding hydrogens is 130 g/mol. The van der Waals surface area contributed by atoms with E-state index in [1.807, 2.05) is 0 Å². The van der Waals surface area contributed by atoms with Crippen molar-refractivity contribution in [2.75, 3.05) is 6.54 Å². The Morgan fingerprint density at radius 2 is 2.30 bits per heavy atom. The summed E-state index contributed by atoms with van der Waals surface area (Å²) in [6.45, 7) is 0.545. The van der Waals surface area contributed by atoms with E-state index in [1.165, 1.54) is 6.34 Å². The summed E-state index contributed by atoms with van der Waals surface area (Å²) < 4.78 is 0. The molecule has 2 N–H and O–H groups in total. The summed E-state index contributed by atoms with van der Waals surface area (Å²) in [6, 6.07) is 0. The Morgan fingerprint density at radius 1 is 1.40 bits per heavy atom. The van der Waals surface area contributed by atoms with Gasteiger partial charge in [0.15, 0.2) is 5.84 Å². The minimum atomic E-state index is 0.277. The number of rotatable bonds is 0. The van der Waals surface area contributed by atoms with E-state index in [0.29, 0.717) is 12.4 Å². The van der Waals surface area contributed by atoms with Crippen molar-refractivity contribution < 1.29 is 0 Å². The third-order valence-corrected chi connectivity index (χ3v) is 1.23. The van der Waals surface area contributed by atoms with Crippen LogP contribution in [0.2, 0.25) is 0 Å². The van der Waals surface area contributed by atoms with Crippen LogP contribution in [0, 0.1) is 0 Å². The van der Waals surface area contributed by atoms with Gasteiger partial charge >= 0.3 is 0 Å². The summed E-state index contributed by atoms with van der Waals surface area (Å²) in [5, 5.41) is 0. The highest BCUT2D eigenvalue weighted by atomic mass is 15.2. The predicted octanol–water partition coefficient (Wildman–Crippen LogP) is -0.804. The van der Waals surface area contributed by atoms with Crippen LogP contribution in [0.4, 0.5) is 0 Å². The van der Waals surface area contributed by atoms with Crippen LogP contribution in [0.3, 0.4) is 0 Å². The zero-order chi connectivity index (χ0) is 6.97. The zero-order valence-electron chi connectivity index (χ0n) is 5.15. The van der Waals surface area contributed by atoms with E-state index in [-0.39, 0.29) is 5.96 Å². The van der Waals surface area contributed by atoms with Crippen molar-refractivity contribution in [1.29, 1.82) is 0 Å². The molecule has 5 nitrogen and oxygen atoms in total. The van der Waals surface area contributed by atoms with Crippen molar-refractivity contribution in [2.24, 2.45) is 25.7 Å². The molecule has 0 radical (unpaired) electrons. The molecule has 10 heavy (non-hydrogen) atoms. The summed E-state index contributed by atoms with van der Waals surface area (Å²) in [5.74, 6) is 0.881. The van der Waals surface area contributed by atoms with Gasteiger partial charge in [0.2, 0.25) is 5.96 Å². The first-order valence-corrected chi connectivity index (χ1v) is 2.84. The van der Waals surface area contributed by atoms with Crippen molar-refractivity contribution >= 4 is 23.8 Å². The van der Waals surface area contributed by atoms with Gasteiger partial charge in [0.1, 0.15) is 12.1 Å². The number of guanidine groups is 1. The third-order valence-electron chi connectivity index (χ3n) is 1.23. The Labute approximate surface area is 57.1 Å². The molecular formula is C5H5N5. The minimum Gasteiger partial charge on any atom is -0.368 e. The van der Waals surface area contributed by atoms with E-state index in [1.54, 1.807) is 0 Å².